The van der Waals surface area contributed by atoms with E-state index in [-0.39, 0.29) is 23.6 Å². The summed E-state index contributed by atoms with van der Waals surface area (Å²) in [6.45, 7) is 5.12. The Kier molecular flexibility index (Phi) is 13.7. The number of methoxy groups -OCH3 is 2. The van der Waals surface area contributed by atoms with E-state index in [0.29, 0.717) is 63.2 Å². The van der Waals surface area contributed by atoms with Crippen molar-refractivity contribution in [3.8, 4) is 0 Å². The quantitative estimate of drug-likeness (QED) is 0.199. The molecule has 2 aliphatic heterocycles. The van der Waals surface area contributed by atoms with E-state index in [0.717, 1.165) is 16.8 Å². The van der Waals surface area contributed by atoms with Crippen LogP contribution in [0.4, 0.5) is 26.7 Å². The first-order valence-corrected chi connectivity index (χ1v) is 18.4. The van der Waals surface area contributed by atoms with E-state index in [2.05, 4.69) is 35.6 Å². The summed E-state index contributed by atoms with van der Waals surface area (Å²) in [4.78, 5) is 80.9. The molecule has 6 amide bonds. The first-order valence-electron chi connectivity index (χ1n) is 18.4. The number of likely N-dealkylation sites (tertiary alicyclic amines) is 2. The van der Waals surface area contributed by atoms with Gasteiger partial charge in [-0.15, -0.1) is 0 Å². The molecular formula is C40H49N7O8. The van der Waals surface area contributed by atoms with E-state index in [1.165, 1.54) is 24.0 Å². The van der Waals surface area contributed by atoms with Gasteiger partial charge in [0.25, 0.3) is 0 Å². The maximum atomic E-state index is 13.3. The van der Waals surface area contributed by atoms with Gasteiger partial charge in [0.15, 0.2) is 0 Å². The number of amides is 6. The summed E-state index contributed by atoms with van der Waals surface area (Å²) >= 11 is 0. The standard InChI is InChI=1S/C40H49N7O8/c1-26(41-39(52)54-3)37(50)46-22-8-12-33(46)35(48)43-30-18-14-28(15-19-30)24-45(32-10-6-5-7-11-32)25-29-16-20-31(21-17-29)44-36(49)34-13-9-23-47(34)38(51)27(2)42-40(53)55-4/h5-7,10-11,14-21,26-27,33-34H,8-9,12-13,22-25H2,1-4H3,(H,41,52)(H,42,53)(H,43,48)(H,44,49). The number of hydrogen-bond donors (Lipinski definition) is 4. The van der Waals surface area contributed by atoms with E-state index in [1.807, 2.05) is 78.9 Å². The largest absolute Gasteiger partial charge is 0.453 e. The SMILES string of the molecule is COC(=O)NC(C)C(=O)N1CCCC1C(=O)Nc1ccc(CN(Cc2ccc(NC(=O)C3CCCN3C(=O)C(C)NC(=O)OC)cc2)c2ccccc2)cc1. The molecule has 3 aromatic rings. The van der Waals surface area contributed by atoms with Crippen LogP contribution >= 0.6 is 0 Å². The average Bonchev–Trinajstić information content (AvgIpc) is 3.90. The van der Waals surface area contributed by atoms with Crippen molar-refractivity contribution in [3.63, 3.8) is 0 Å². The van der Waals surface area contributed by atoms with E-state index in [9.17, 15) is 28.8 Å². The highest BCUT2D eigenvalue weighted by Gasteiger charge is 2.37. The Morgan fingerprint density at radius 1 is 0.636 bits per heavy atom. The molecule has 5 rings (SSSR count). The van der Waals surface area contributed by atoms with Crippen molar-refractivity contribution in [1.82, 2.24) is 20.4 Å². The van der Waals surface area contributed by atoms with Crippen LogP contribution < -0.4 is 26.2 Å². The molecule has 292 valence electrons. The van der Waals surface area contributed by atoms with Crippen molar-refractivity contribution in [2.24, 2.45) is 0 Å². The van der Waals surface area contributed by atoms with Gasteiger partial charge in [-0.1, -0.05) is 42.5 Å². The van der Waals surface area contributed by atoms with Crippen molar-refractivity contribution < 1.29 is 38.2 Å². The first-order chi connectivity index (χ1) is 26.5. The smallest absolute Gasteiger partial charge is 0.407 e. The van der Waals surface area contributed by atoms with E-state index < -0.39 is 36.4 Å². The van der Waals surface area contributed by atoms with E-state index in [1.54, 1.807) is 13.8 Å². The van der Waals surface area contributed by atoms with Crippen LogP contribution in [0.5, 0.6) is 0 Å². The Hall–Kier alpha value is -6.12. The van der Waals surface area contributed by atoms with Crippen LogP contribution in [0, 0.1) is 0 Å². The van der Waals surface area contributed by atoms with Gasteiger partial charge >= 0.3 is 12.2 Å². The molecule has 0 aliphatic carbocycles. The summed E-state index contributed by atoms with van der Waals surface area (Å²) in [5, 5.41) is 10.8. The van der Waals surface area contributed by atoms with Gasteiger partial charge in [0.2, 0.25) is 23.6 Å². The fourth-order valence-corrected chi connectivity index (χ4v) is 6.85. The predicted octanol–water partition coefficient (Wildman–Crippen LogP) is 4.24. The number of nitrogens with one attached hydrogen (secondary N) is 4. The summed E-state index contributed by atoms with van der Waals surface area (Å²) < 4.78 is 9.19. The lowest BCUT2D eigenvalue weighted by atomic mass is 10.1. The second kappa shape index (κ2) is 18.8. The van der Waals surface area contributed by atoms with Crippen molar-refractivity contribution in [2.75, 3.05) is 42.8 Å². The molecule has 0 saturated carbocycles. The monoisotopic (exact) mass is 755 g/mol. The third-order valence-electron chi connectivity index (χ3n) is 9.77. The predicted molar refractivity (Wildman–Crippen MR) is 206 cm³/mol. The number of ether oxygens (including phenoxy) is 2. The fraction of sp³-hybridized carbons (Fsp3) is 0.400. The normalized spacial score (nSPS) is 17.4. The third-order valence-corrected chi connectivity index (χ3v) is 9.77. The Labute approximate surface area is 320 Å². The van der Waals surface area contributed by atoms with Gasteiger partial charge in [0.05, 0.1) is 14.2 Å². The van der Waals surface area contributed by atoms with Gasteiger partial charge in [-0.3, -0.25) is 19.2 Å². The van der Waals surface area contributed by atoms with Crippen molar-refractivity contribution in [1.29, 1.82) is 0 Å². The molecule has 0 aromatic heterocycles. The maximum absolute atomic E-state index is 13.3. The lowest BCUT2D eigenvalue weighted by Crippen LogP contribution is -2.51. The van der Waals surface area contributed by atoms with E-state index >= 15 is 0 Å². The zero-order valence-corrected chi connectivity index (χ0v) is 31.6. The molecule has 15 nitrogen and oxygen atoms in total. The molecule has 0 radical (unpaired) electrons. The van der Waals surface area contributed by atoms with Crippen LogP contribution in [0.1, 0.15) is 50.7 Å². The molecule has 2 fully saturated rings. The highest BCUT2D eigenvalue weighted by Crippen LogP contribution is 2.25. The second-order valence-corrected chi connectivity index (χ2v) is 13.7. The Morgan fingerprint density at radius 2 is 1.04 bits per heavy atom. The van der Waals surface area contributed by atoms with Crippen LogP contribution in [-0.2, 0) is 41.7 Å². The van der Waals surface area contributed by atoms with Crippen molar-refractivity contribution in [3.05, 3.63) is 90.0 Å². The summed E-state index contributed by atoms with van der Waals surface area (Å²) in [6.07, 6.45) is 0.990. The number of nitrogens with zero attached hydrogens (tertiary/aromatic N) is 3. The lowest BCUT2D eigenvalue weighted by molar-refractivity contribution is -0.138. The molecule has 0 spiro atoms. The summed E-state index contributed by atoms with van der Waals surface area (Å²) in [5.41, 5.74) is 4.25. The minimum absolute atomic E-state index is 0.286. The molecule has 55 heavy (non-hydrogen) atoms. The van der Waals surface area contributed by atoms with Gasteiger partial charge in [0.1, 0.15) is 24.2 Å². The van der Waals surface area contributed by atoms with Crippen molar-refractivity contribution in [2.45, 2.75) is 76.8 Å². The number of hydrogen-bond acceptors (Lipinski definition) is 9. The number of anilines is 3. The Bertz CT molecular complexity index is 1710. The van der Waals surface area contributed by atoms with Gasteiger partial charge < -0.3 is 45.4 Å². The zero-order valence-electron chi connectivity index (χ0n) is 31.6. The zero-order chi connectivity index (χ0) is 39.5. The van der Waals surface area contributed by atoms with E-state index in [4.69, 9.17) is 0 Å². The molecule has 2 heterocycles. The molecule has 3 aromatic carbocycles. The minimum atomic E-state index is -0.827. The van der Waals surface area contributed by atoms with Crippen LogP contribution in [0.25, 0.3) is 0 Å². The summed E-state index contributed by atoms with van der Waals surface area (Å²) in [5.74, 6) is -1.26. The Balaban J connectivity index is 1.19. The summed E-state index contributed by atoms with van der Waals surface area (Å²) in [7, 11) is 2.45. The maximum Gasteiger partial charge on any atom is 0.407 e. The van der Waals surface area contributed by atoms with Crippen LogP contribution in [0.2, 0.25) is 0 Å². The molecule has 0 bridgehead atoms. The molecule has 4 atom stereocenters. The number of rotatable bonds is 13. The van der Waals surface area contributed by atoms with Crippen molar-refractivity contribution >= 4 is 52.9 Å². The molecule has 4 unspecified atom stereocenters. The fourth-order valence-electron chi connectivity index (χ4n) is 6.85. The molecule has 2 aliphatic rings. The summed E-state index contributed by atoms with van der Waals surface area (Å²) in [6, 6.07) is 22.2. The topological polar surface area (TPSA) is 179 Å². The highest BCUT2D eigenvalue weighted by molar-refractivity contribution is 5.99. The first kappa shape index (κ1) is 40.1. The number of benzene rings is 3. The van der Waals surface area contributed by atoms with Gasteiger partial charge in [-0.25, -0.2) is 9.59 Å². The molecule has 4 N–H and O–H groups in total. The van der Waals surface area contributed by atoms with Gasteiger partial charge in [0, 0.05) is 43.2 Å². The Morgan fingerprint density at radius 3 is 1.42 bits per heavy atom. The highest BCUT2D eigenvalue weighted by atomic mass is 16.5. The van der Waals surface area contributed by atoms with Crippen LogP contribution in [-0.4, -0.2) is 97.1 Å². The van der Waals surface area contributed by atoms with Gasteiger partial charge in [-0.05, 0) is 87.1 Å². The third kappa shape index (κ3) is 10.5. The van der Waals surface area contributed by atoms with Crippen LogP contribution in [0.15, 0.2) is 78.9 Å². The number of carbonyl (C=O) groups excluding carboxylic acids is 6. The second-order valence-electron chi connectivity index (χ2n) is 13.7. The number of alkyl carbamates (subject to hydrolysis) is 2. The number of para-hydroxylation sites is 1. The lowest BCUT2D eigenvalue weighted by Gasteiger charge is -2.27. The minimum Gasteiger partial charge on any atom is -0.453 e. The molecule has 2 saturated heterocycles. The number of carbonyl (C=O) groups is 6. The molecule has 15 heteroatoms. The average molecular weight is 756 g/mol. The van der Waals surface area contributed by atoms with Crippen LogP contribution in [0.3, 0.4) is 0 Å². The van der Waals surface area contributed by atoms with Gasteiger partial charge in [-0.2, -0.15) is 0 Å². The molecular weight excluding hydrogens is 706 g/mol.